The minimum Gasteiger partial charge on any atom is -0.489 e. The summed E-state index contributed by atoms with van der Waals surface area (Å²) in [6.07, 6.45) is 2.23. The first-order valence-electron chi connectivity index (χ1n) is 9.59. The number of ether oxygens (including phenoxy) is 1. The summed E-state index contributed by atoms with van der Waals surface area (Å²) in [6, 6.07) is 24.9. The number of benzene rings is 3. The van der Waals surface area contributed by atoms with Gasteiger partial charge in [0, 0.05) is 27.6 Å². The summed E-state index contributed by atoms with van der Waals surface area (Å²) >= 11 is 9.55. The fraction of sp³-hybridized carbons (Fsp3) is 0.250. The van der Waals surface area contributed by atoms with Gasteiger partial charge in [0.1, 0.15) is 12.4 Å². The highest BCUT2D eigenvalue weighted by Crippen LogP contribution is 2.26. The summed E-state index contributed by atoms with van der Waals surface area (Å²) in [5.41, 5.74) is 3.56. The van der Waals surface area contributed by atoms with Crippen LogP contribution in [-0.4, -0.2) is 0 Å². The molecule has 3 aromatic rings. The van der Waals surface area contributed by atoms with E-state index in [0.29, 0.717) is 12.6 Å². The third kappa shape index (κ3) is 6.10. The average molecular weight is 459 g/mol. The Bertz CT molecular complexity index is 868. The van der Waals surface area contributed by atoms with Crippen molar-refractivity contribution >= 4 is 27.5 Å². The van der Waals surface area contributed by atoms with E-state index in [1.165, 1.54) is 5.56 Å². The lowest BCUT2D eigenvalue weighted by molar-refractivity contribution is 0.301. The second kappa shape index (κ2) is 10.7. The fourth-order valence-corrected chi connectivity index (χ4v) is 3.70. The van der Waals surface area contributed by atoms with E-state index in [1.54, 1.807) is 0 Å². The van der Waals surface area contributed by atoms with Gasteiger partial charge in [0.15, 0.2) is 0 Å². The van der Waals surface area contributed by atoms with Crippen LogP contribution in [0.3, 0.4) is 0 Å². The van der Waals surface area contributed by atoms with Crippen LogP contribution in [0.1, 0.15) is 42.5 Å². The van der Waals surface area contributed by atoms with Crippen molar-refractivity contribution in [3.8, 4) is 5.75 Å². The molecule has 1 atom stereocenters. The minimum absolute atomic E-state index is 0.328. The number of nitrogens with one attached hydrogen (secondary N) is 1. The van der Waals surface area contributed by atoms with Crippen molar-refractivity contribution in [2.75, 3.05) is 0 Å². The van der Waals surface area contributed by atoms with E-state index in [9.17, 15) is 0 Å². The molecule has 3 rings (SSSR count). The van der Waals surface area contributed by atoms with Crippen LogP contribution >= 0.6 is 27.5 Å². The molecule has 0 aliphatic carbocycles. The van der Waals surface area contributed by atoms with Crippen LogP contribution in [0.15, 0.2) is 77.3 Å². The predicted octanol–water partition coefficient (Wildman–Crippen LogP) is 7.31. The lowest BCUT2D eigenvalue weighted by atomic mass is 10.0. The third-order valence-electron chi connectivity index (χ3n) is 4.65. The van der Waals surface area contributed by atoms with Gasteiger partial charge in [-0.05, 0) is 47.9 Å². The zero-order chi connectivity index (χ0) is 19.8. The lowest BCUT2D eigenvalue weighted by Crippen LogP contribution is -2.21. The molecule has 0 fully saturated rings. The molecule has 1 unspecified atom stereocenters. The zero-order valence-corrected chi connectivity index (χ0v) is 18.3. The van der Waals surface area contributed by atoms with Crippen molar-refractivity contribution in [3.63, 3.8) is 0 Å². The Balaban J connectivity index is 1.70. The van der Waals surface area contributed by atoms with Gasteiger partial charge in [-0.15, -0.1) is 0 Å². The molecule has 28 heavy (non-hydrogen) atoms. The van der Waals surface area contributed by atoms with Gasteiger partial charge >= 0.3 is 0 Å². The first-order valence-corrected chi connectivity index (χ1v) is 10.8. The second-order valence-electron chi connectivity index (χ2n) is 6.80. The Morgan fingerprint density at radius 1 is 1.00 bits per heavy atom. The first kappa shape index (κ1) is 20.9. The second-order valence-corrected chi connectivity index (χ2v) is 8.15. The molecule has 0 saturated carbocycles. The van der Waals surface area contributed by atoms with E-state index in [4.69, 9.17) is 16.3 Å². The molecule has 0 radical (unpaired) electrons. The Morgan fingerprint density at radius 2 is 1.75 bits per heavy atom. The van der Waals surface area contributed by atoms with Crippen molar-refractivity contribution in [1.29, 1.82) is 0 Å². The standard InChI is InChI=1S/C24H25BrClNO/c1-2-6-23(19-7-4-3-5-8-19)27-16-20-15-21(25)11-14-24(20)28-17-18-9-12-22(26)13-10-18/h3-5,7-15,23,27H,2,6,16-17H2,1H3. The van der Waals surface area contributed by atoms with Crippen molar-refractivity contribution in [2.24, 2.45) is 0 Å². The van der Waals surface area contributed by atoms with Crippen molar-refractivity contribution in [3.05, 3.63) is 99.0 Å². The quantitative estimate of drug-likeness (QED) is 0.363. The van der Waals surface area contributed by atoms with Gasteiger partial charge in [0.05, 0.1) is 0 Å². The summed E-state index contributed by atoms with van der Waals surface area (Å²) < 4.78 is 7.16. The van der Waals surface area contributed by atoms with E-state index >= 15 is 0 Å². The lowest BCUT2D eigenvalue weighted by Gasteiger charge is -2.20. The van der Waals surface area contributed by atoms with E-state index in [2.05, 4.69) is 64.6 Å². The summed E-state index contributed by atoms with van der Waals surface area (Å²) in [4.78, 5) is 0. The van der Waals surface area contributed by atoms with Crippen LogP contribution in [0.5, 0.6) is 5.75 Å². The van der Waals surface area contributed by atoms with Crippen molar-refractivity contribution in [2.45, 2.75) is 39.0 Å². The zero-order valence-electron chi connectivity index (χ0n) is 16.0. The molecule has 0 aliphatic heterocycles. The summed E-state index contributed by atoms with van der Waals surface area (Å²) in [6.45, 7) is 3.48. The first-order chi connectivity index (χ1) is 13.7. The number of hydrogen-bond acceptors (Lipinski definition) is 2. The van der Waals surface area contributed by atoms with Gasteiger partial charge in [-0.3, -0.25) is 0 Å². The Hall–Kier alpha value is -1.81. The Labute approximate surface area is 181 Å². The van der Waals surface area contributed by atoms with Gasteiger partial charge < -0.3 is 10.1 Å². The van der Waals surface area contributed by atoms with E-state index in [1.807, 2.05) is 36.4 Å². The number of rotatable bonds is 9. The molecule has 0 bridgehead atoms. The molecule has 1 N–H and O–H groups in total. The molecule has 146 valence electrons. The molecule has 0 heterocycles. The maximum absolute atomic E-state index is 6.11. The molecule has 0 aromatic heterocycles. The van der Waals surface area contributed by atoms with Crippen LogP contribution in [0.4, 0.5) is 0 Å². The molecule has 0 amide bonds. The topological polar surface area (TPSA) is 21.3 Å². The summed E-state index contributed by atoms with van der Waals surface area (Å²) in [5, 5.41) is 4.44. The highest BCUT2D eigenvalue weighted by atomic mass is 79.9. The van der Waals surface area contributed by atoms with Crippen LogP contribution in [-0.2, 0) is 13.2 Å². The van der Waals surface area contributed by atoms with Crippen molar-refractivity contribution < 1.29 is 4.74 Å². The Kier molecular flexibility index (Phi) is 7.96. The van der Waals surface area contributed by atoms with Crippen LogP contribution < -0.4 is 10.1 Å². The molecule has 2 nitrogen and oxygen atoms in total. The predicted molar refractivity (Wildman–Crippen MR) is 121 cm³/mol. The average Bonchev–Trinajstić information content (AvgIpc) is 2.72. The third-order valence-corrected chi connectivity index (χ3v) is 5.39. The normalized spacial score (nSPS) is 12.0. The van der Waals surface area contributed by atoms with E-state index in [0.717, 1.165) is 45.8 Å². The van der Waals surface area contributed by atoms with Gasteiger partial charge in [0.2, 0.25) is 0 Å². The Morgan fingerprint density at radius 3 is 2.46 bits per heavy atom. The van der Waals surface area contributed by atoms with Gasteiger partial charge in [0.25, 0.3) is 0 Å². The molecular weight excluding hydrogens is 434 g/mol. The SMILES string of the molecule is CCCC(NCc1cc(Br)ccc1OCc1ccc(Cl)cc1)c1ccccc1. The molecule has 3 aromatic carbocycles. The molecule has 4 heteroatoms. The molecule has 0 saturated heterocycles. The number of hydrogen-bond donors (Lipinski definition) is 1. The van der Waals surface area contributed by atoms with Crippen LogP contribution in [0, 0.1) is 0 Å². The van der Waals surface area contributed by atoms with Crippen molar-refractivity contribution in [1.82, 2.24) is 5.32 Å². The smallest absolute Gasteiger partial charge is 0.124 e. The van der Waals surface area contributed by atoms with Gasteiger partial charge in [-0.25, -0.2) is 0 Å². The monoisotopic (exact) mass is 457 g/mol. The number of halogens is 2. The largest absolute Gasteiger partial charge is 0.489 e. The molecular formula is C24H25BrClNO. The highest BCUT2D eigenvalue weighted by Gasteiger charge is 2.12. The highest BCUT2D eigenvalue weighted by molar-refractivity contribution is 9.10. The summed E-state index contributed by atoms with van der Waals surface area (Å²) in [5.74, 6) is 0.897. The molecule has 0 aliphatic rings. The van der Waals surface area contributed by atoms with Gasteiger partial charge in [-0.2, -0.15) is 0 Å². The fourth-order valence-electron chi connectivity index (χ4n) is 3.16. The van der Waals surface area contributed by atoms with E-state index in [-0.39, 0.29) is 0 Å². The molecule has 0 spiro atoms. The maximum atomic E-state index is 6.11. The van der Waals surface area contributed by atoms with Gasteiger partial charge in [-0.1, -0.05) is 83.3 Å². The minimum atomic E-state index is 0.328. The maximum Gasteiger partial charge on any atom is 0.124 e. The van der Waals surface area contributed by atoms with Crippen LogP contribution in [0.25, 0.3) is 0 Å². The van der Waals surface area contributed by atoms with Crippen LogP contribution in [0.2, 0.25) is 5.02 Å². The van der Waals surface area contributed by atoms with E-state index < -0.39 is 0 Å². The summed E-state index contributed by atoms with van der Waals surface area (Å²) in [7, 11) is 0.